The third kappa shape index (κ3) is 4.39. The van der Waals surface area contributed by atoms with Gasteiger partial charge in [0.1, 0.15) is 5.82 Å². The Balaban J connectivity index is 2.11. The molecule has 1 aromatic rings. The summed E-state index contributed by atoms with van der Waals surface area (Å²) in [6.07, 6.45) is 2.82. The molecule has 0 spiro atoms. The first kappa shape index (κ1) is 20.3. The van der Waals surface area contributed by atoms with E-state index in [0.717, 1.165) is 41.8 Å². The number of piperidine rings is 1. The SMILES string of the molecule is C[C@@H]1CCCCN1C(=O)COC(=O)c1cc(S(=O)(=O)N(C)C)ccc1F. The Hall–Kier alpha value is -2.00. The minimum atomic E-state index is -3.82. The smallest absolute Gasteiger partial charge is 0.341 e. The van der Waals surface area contributed by atoms with E-state index in [1.165, 1.54) is 14.1 Å². The van der Waals surface area contributed by atoms with E-state index in [1.807, 2.05) is 6.92 Å². The van der Waals surface area contributed by atoms with Crippen LogP contribution in [0.4, 0.5) is 4.39 Å². The van der Waals surface area contributed by atoms with Crippen molar-refractivity contribution < 1.29 is 27.1 Å². The Morgan fingerprint density at radius 1 is 1.31 bits per heavy atom. The predicted octanol–water partition coefficient (Wildman–Crippen LogP) is 1.63. The molecule has 1 aliphatic heterocycles. The first-order valence-corrected chi connectivity index (χ1v) is 9.77. The number of amides is 1. The van der Waals surface area contributed by atoms with Gasteiger partial charge in [0.2, 0.25) is 10.0 Å². The van der Waals surface area contributed by atoms with Gasteiger partial charge in [0, 0.05) is 26.7 Å². The van der Waals surface area contributed by atoms with Gasteiger partial charge in [-0.25, -0.2) is 21.9 Å². The van der Waals surface area contributed by atoms with Gasteiger partial charge in [-0.05, 0) is 44.4 Å². The van der Waals surface area contributed by atoms with Crippen LogP contribution in [0.2, 0.25) is 0 Å². The average molecular weight is 386 g/mol. The zero-order chi connectivity index (χ0) is 19.5. The highest BCUT2D eigenvalue weighted by Gasteiger charge is 2.26. The summed E-state index contributed by atoms with van der Waals surface area (Å²) in [6, 6.07) is 2.95. The number of hydrogen-bond acceptors (Lipinski definition) is 5. The van der Waals surface area contributed by atoms with Gasteiger partial charge < -0.3 is 9.64 Å². The van der Waals surface area contributed by atoms with Gasteiger partial charge in [-0.2, -0.15) is 0 Å². The highest BCUT2D eigenvalue weighted by atomic mass is 32.2. The van der Waals surface area contributed by atoms with Gasteiger partial charge in [-0.3, -0.25) is 4.79 Å². The topological polar surface area (TPSA) is 84.0 Å². The molecule has 1 aliphatic rings. The number of benzene rings is 1. The van der Waals surface area contributed by atoms with Crippen LogP contribution in [0.3, 0.4) is 0 Å². The number of ether oxygens (including phenoxy) is 1. The molecular weight excluding hydrogens is 363 g/mol. The monoisotopic (exact) mass is 386 g/mol. The molecule has 0 radical (unpaired) electrons. The molecule has 1 amide bonds. The maximum absolute atomic E-state index is 13.9. The minimum absolute atomic E-state index is 0.0697. The van der Waals surface area contributed by atoms with Crippen LogP contribution >= 0.6 is 0 Å². The molecule has 0 aromatic heterocycles. The number of carbonyl (C=O) groups is 2. The second-order valence-electron chi connectivity index (χ2n) is 6.44. The lowest BCUT2D eigenvalue weighted by molar-refractivity contribution is -0.137. The molecule has 26 heavy (non-hydrogen) atoms. The van der Waals surface area contributed by atoms with Crippen molar-refractivity contribution in [1.29, 1.82) is 0 Å². The van der Waals surface area contributed by atoms with E-state index in [0.29, 0.717) is 6.54 Å². The average Bonchev–Trinajstić information content (AvgIpc) is 2.59. The summed E-state index contributed by atoms with van der Waals surface area (Å²) in [5.74, 6) is -2.33. The highest BCUT2D eigenvalue weighted by molar-refractivity contribution is 7.89. The first-order chi connectivity index (χ1) is 12.1. The maximum Gasteiger partial charge on any atom is 0.341 e. The van der Waals surface area contributed by atoms with Crippen molar-refractivity contribution in [2.24, 2.45) is 0 Å². The largest absolute Gasteiger partial charge is 0.452 e. The predicted molar refractivity (Wildman–Crippen MR) is 92.6 cm³/mol. The molecule has 2 rings (SSSR count). The molecule has 0 unspecified atom stereocenters. The van der Waals surface area contributed by atoms with Crippen molar-refractivity contribution in [3.63, 3.8) is 0 Å². The van der Waals surface area contributed by atoms with Gasteiger partial charge in [0.15, 0.2) is 6.61 Å². The fraction of sp³-hybridized carbons (Fsp3) is 0.529. The van der Waals surface area contributed by atoms with Crippen LogP contribution in [-0.2, 0) is 19.6 Å². The van der Waals surface area contributed by atoms with Crippen LogP contribution in [0.1, 0.15) is 36.5 Å². The molecule has 1 heterocycles. The normalized spacial score (nSPS) is 18.0. The van der Waals surface area contributed by atoms with Crippen molar-refractivity contribution in [3.05, 3.63) is 29.6 Å². The van der Waals surface area contributed by atoms with E-state index in [1.54, 1.807) is 4.90 Å². The summed E-state index contributed by atoms with van der Waals surface area (Å²) >= 11 is 0. The number of halogens is 1. The number of sulfonamides is 1. The van der Waals surface area contributed by atoms with Crippen LogP contribution in [0.5, 0.6) is 0 Å². The van der Waals surface area contributed by atoms with E-state index >= 15 is 0 Å². The van der Waals surface area contributed by atoms with E-state index in [-0.39, 0.29) is 16.8 Å². The molecule has 1 fully saturated rings. The standard InChI is InChI=1S/C17H23FN2O5S/c1-12-6-4-5-9-20(12)16(21)11-25-17(22)14-10-13(7-8-15(14)18)26(23,24)19(2)3/h7-8,10,12H,4-6,9,11H2,1-3H3/t12-/m1/s1. The summed E-state index contributed by atoms with van der Waals surface area (Å²) in [5.41, 5.74) is -0.521. The van der Waals surface area contributed by atoms with Gasteiger partial charge in [0.05, 0.1) is 10.5 Å². The van der Waals surface area contributed by atoms with Gasteiger partial charge >= 0.3 is 5.97 Å². The number of nitrogens with zero attached hydrogens (tertiary/aromatic N) is 2. The summed E-state index contributed by atoms with van der Waals surface area (Å²) in [5, 5.41) is 0. The Morgan fingerprint density at radius 2 is 2.00 bits per heavy atom. The van der Waals surface area contributed by atoms with Gasteiger partial charge in [-0.1, -0.05) is 0 Å². The van der Waals surface area contributed by atoms with Crippen LogP contribution in [0, 0.1) is 5.82 Å². The van der Waals surface area contributed by atoms with Crippen molar-refractivity contribution in [2.75, 3.05) is 27.2 Å². The van der Waals surface area contributed by atoms with Crippen LogP contribution in [0.25, 0.3) is 0 Å². The fourth-order valence-electron chi connectivity index (χ4n) is 2.79. The van der Waals surface area contributed by atoms with E-state index < -0.39 is 34.0 Å². The van der Waals surface area contributed by atoms with Crippen LogP contribution in [0.15, 0.2) is 23.1 Å². The Bertz CT molecular complexity index is 794. The van der Waals surface area contributed by atoms with Crippen molar-refractivity contribution in [3.8, 4) is 0 Å². The summed E-state index contributed by atoms with van der Waals surface area (Å²) < 4.78 is 44.1. The minimum Gasteiger partial charge on any atom is -0.452 e. The lowest BCUT2D eigenvalue weighted by atomic mass is 10.0. The molecule has 1 aromatic carbocycles. The van der Waals surface area contributed by atoms with Gasteiger partial charge in [0.25, 0.3) is 5.91 Å². The van der Waals surface area contributed by atoms with Gasteiger partial charge in [-0.15, -0.1) is 0 Å². The molecule has 1 atom stereocenters. The quantitative estimate of drug-likeness (QED) is 0.718. The van der Waals surface area contributed by atoms with E-state index in [2.05, 4.69) is 0 Å². The number of carbonyl (C=O) groups excluding carboxylic acids is 2. The summed E-state index contributed by atoms with van der Waals surface area (Å²) in [6.45, 7) is 2.02. The zero-order valence-electron chi connectivity index (χ0n) is 15.1. The third-order valence-corrected chi connectivity index (χ3v) is 6.20. The fourth-order valence-corrected chi connectivity index (χ4v) is 3.72. The number of hydrogen-bond donors (Lipinski definition) is 0. The Kier molecular flexibility index (Phi) is 6.35. The van der Waals surface area contributed by atoms with Crippen molar-refractivity contribution in [1.82, 2.24) is 9.21 Å². The summed E-state index contributed by atoms with van der Waals surface area (Å²) in [7, 11) is -1.16. The first-order valence-electron chi connectivity index (χ1n) is 8.33. The van der Waals surface area contributed by atoms with Crippen LogP contribution < -0.4 is 0 Å². The zero-order valence-corrected chi connectivity index (χ0v) is 15.9. The molecule has 0 saturated carbocycles. The molecule has 144 valence electrons. The molecule has 1 saturated heterocycles. The number of esters is 1. The van der Waals surface area contributed by atoms with Crippen LogP contribution in [-0.4, -0.2) is 62.8 Å². The molecular formula is C17H23FN2O5S. The third-order valence-electron chi connectivity index (χ3n) is 4.39. The highest BCUT2D eigenvalue weighted by Crippen LogP contribution is 2.19. The lowest BCUT2D eigenvalue weighted by Gasteiger charge is -2.33. The second kappa shape index (κ2) is 8.13. The van der Waals surface area contributed by atoms with Crippen molar-refractivity contribution >= 4 is 21.9 Å². The molecule has 7 nitrogen and oxygen atoms in total. The molecule has 0 bridgehead atoms. The second-order valence-corrected chi connectivity index (χ2v) is 8.59. The maximum atomic E-state index is 13.9. The van der Waals surface area contributed by atoms with E-state index in [9.17, 15) is 22.4 Å². The molecule has 0 aliphatic carbocycles. The number of rotatable bonds is 5. The lowest BCUT2D eigenvalue weighted by Crippen LogP contribution is -2.44. The van der Waals surface area contributed by atoms with Crippen molar-refractivity contribution in [2.45, 2.75) is 37.1 Å². The Morgan fingerprint density at radius 3 is 2.62 bits per heavy atom. The van der Waals surface area contributed by atoms with E-state index in [4.69, 9.17) is 4.74 Å². The Labute approximate surface area is 152 Å². The summed E-state index contributed by atoms with van der Waals surface area (Å²) in [4.78, 5) is 25.7. The number of likely N-dealkylation sites (tertiary alicyclic amines) is 1. The molecule has 0 N–H and O–H groups in total. The molecule has 9 heteroatoms.